The van der Waals surface area contributed by atoms with Crippen LogP contribution in [0, 0.1) is 0 Å². The van der Waals surface area contributed by atoms with Crippen LogP contribution in [0.1, 0.15) is 64.9 Å². The molecule has 0 aliphatic heterocycles. The van der Waals surface area contributed by atoms with E-state index < -0.39 is 35.5 Å². The first-order valence-corrected chi connectivity index (χ1v) is 26.6. The monoisotopic (exact) mass is 768 g/mol. The number of aliphatic hydroxyl groups excluding tert-OH is 1. The maximum Gasteiger partial charge on any atom is 0.229 e. The van der Waals surface area contributed by atoms with E-state index in [4.69, 9.17) is 23.4 Å². The average Bonchev–Trinajstić information content (AvgIpc) is 2.93. The van der Waals surface area contributed by atoms with E-state index in [0.717, 1.165) is 17.4 Å². The standard InChI is InChI=1S/C17H30O4SSi.C16H28O3Si.CH3ClO2S/c1-17(2,3)23(5,6)21-14-16(15-10-8-7-9-11-15)20-12-13-22(4,18)19;1-16(2,3)20(4,5)19-13-15(18-12-11-17)14-9-7-6-8-10-14;1-5(2,3)4/h7-11,16H,12-14H2,1-6H3;6-10,15,17H,11-13H2,1-5H3;1H3. The van der Waals surface area contributed by atoms with Gasteiger partial charge in [0.2, 0.25) is 9.05 Å². The predicted octanol–water partition coefficient (Wildman–Crippen LogP) is 7.75. The molecule has 14 heteroatoms. The van der Waals surface area contributed by atoms with Gasteiger partial charge in [-0.3, -0.25) is 0 Å². The highest BCUT2D eigenvalue weighted by Crippen LogP contribution is 2.38. The van der Waals surface area contributed by atoms with Crippen molar-refractivity contribution in [3.05, 3.63) is 71.8 Å². The summed E-state index contributed by atoms with van der Waals surface area (Å²) in [6.45, 7) is 23.7. The van der Waals surface area contributed by atoms with Gasteiger partial charge in [0.25, 0.3) is 0 Å². The van der Waals surface area contributed by atoms with Crippen LogP contribution in [0.25, 0.3) is 0 Å². The van der Waals surface area contributed by atoms with Gasteiger partial charge in [0.05, 0.1) is 45.0 Å². The molecule has 2 rings (SSSR count). The van der Waals surface area contributed by atoms with Gasteiger partial charge >= 0.3 is 0 Å². The molecule has 2 aromatic rings. The molecule has 1 N–H and O–H groups in total. The van der Waals surface area contributed by atoms with Crippen molar-refractivity contribution in [2.75, 3.05) is 51.3 Å². The van der Waals surface area contributed by atoms with Crippen molar-refractivity contribution in [3.8, 4) is 0 Å². The van der Waals surface area contributed by atoms with Crippen LogP contribution >= 0.6 is 10.7 Å². The Morgan fingerprint density at radius 3 is 1.25 bits per heavy atom. The van der Waals surface area contributed by atoms with Gasteiger partial charge in [-0.15, -0.1) is 0 Å². The highest BCUT2D eigenvalue weighted by Gasteiger charge is 2.38. The Morgan fingerprint density at radius 2 is 0.979 bits per heavy atom. The smallest absolute Gasteiger partial charge is 0.229 e. The molecule has 0 saturated carbocycles. The van der Waals surface area contributed by atoms with Crippen molar-refractivity contribution < 1.29 is 40.3 Å². The molecule has 0 aromatic heterocycles. The van der Waals surface area contributed by atoms with Crippen LogP contribution in [0.3, 0.4) is 0 Å². The van der Waals surface area contributed by atoms with Crippen LogP contribution in [0.15, 0.2) is 60.7 Å². The number of benzene rings is 2. The second-order valence-electron chi connectivity index (χ2n) is 14.7. The number of hydrogen-bond acceptors (Lipinski definition) is 9. The summed E-state index contributed by atoms with van der Waals surface area (Å²) >= 11 is 0. The first kappa shape index (κ1) is 46.9. The Balaban J connectivity index is 0.000000812. The van der Waals surface area contributed by atoms with Crippen molar-refractivity contribution in [1.82, 2.24) is 0 Å². The SMILES string of the molecule is CC(C)(C)[Si](C)(C)OCC(OCCO)c1ccccc1.CC(C)(C)[Si](C)(C)OCC(OCCS(C)(=O)=O)c1ccccc1.CS(=O)(=O)Cl. The normalized spacial score (nSPS) is 14.2. The lowest BCUT2D eigenvalue weighted by Gasteiger charge is -2.37. The van der Waals surface area contributed by atoms with Gasteiger partial charge in [-0.25, -0.2) is 16.8 Å². The van der Waals surface area contributed by atoms with Crippen molar-refractivity contribution in [2.45, 2.75) is 90.0 Å². The summed E-state index contributed by atoms with van der Waals surface area (Å²) in [6, 6.07) is 19.9. The topological polar surface area (TPSA) is 125 Å². The summed E-state index contributed by atoms with van der Waals surface area (Å²) in [6.07, 6.45) is 1.79. The van der Waals surface area contributed by atoms with Gasteiger partial charge in [0.15, 0.2) is 16.6 Å². The summed E-state index contributed by atoms with van der Waals surface area (Å²) in [5, 5.41) is 9.27. The number of hydrogen-bond donors (Lipinski definition) is 1. The molecule has 0 heterocycles. The Morgan fingerprint density at radius 1 is 0.667 bits per heavy atom. The van der Waals surface area contributed by atoms with Gasteiger partial charge in [0.1, 0.15) is 22.0 Å². The minimum absolute atomic E-state index is 0.0242. The fraction of sp³-hybridized carbons (Fsp3) is 0.647. The Labute approximate surface area is 298 Å². The summed E-state index contributed by atoms with van der Waals surface area (Å²) < 4.78 is 65.4. The molecule has 2 unspecified atom stereocenters. The first-order valence-electron chi connectivity index (χ1n) is 16.0. The highest BCUT2D eigenvalue weighted by molar-refractivity contribution is 8.13. The summed E-state index contributed by atoms with van der Waals surface area (Å²) in [5.74, 6) is 0.0242. The van der Waals surface area contributed by atoms with Crippen LogP contribution in [0.2, 0.25) is 36.3 Å². The number of aliphatic hydroxyl groups is 1. The van der Waals surface area contributed by atoms with Gasteiger partial charge in [0, 0.05) is 16.9 Å². The lowest BCUT2D eigenvalue weighted by Crippen LogP contribution is -2.42. The van der Waals surface area contributed by atoms with E-state index in [2.05, 4.69) is 78.4 Å². The summed E-state index contributed by atoms with van der Waals surface area (Å²) in [5.41, 5.74) is 2.11. The Bertz CT molecular complexity index is 1370. The fourth-order valence-electron chi connectivity index (χ4n) is 3.35. The molecule has 2 aromatic carbocycles. The molecular formula is C34H61ClO9S2Si2. The van der Waals surface area contributed by atoms with Gasteiger partial charge in [-0.05, 0) is 47.4 Å². The molecular weight excluding hydrogens is 708 g/mol. The molecule has 0 spiro atoms. The first-order chi connectivity index (χ1) is 21.7. The third-order valence-electron chi connectivity index (χ3n) is 8.33. The number of rotatable bonds is 15. The molecule has 48 heavy (non-hydrogen) atoms. The van der Waals surface area contributed by atoms with Crippen molar-refractivity contribution >= 4 is 46.2 Å². The molecule has 0 radical (unpaired) electrons. The maximum absolute atomic E-state index is 11.3. The lowest BCUT2D eigenvalue weighted by atomic mass is 10.1. The number of ether oxygens (including phenoxy) is 2. The fourth-order valence-corrected chi connectivity index (χ4v) is 5.76. The summed E-state index contributed by atoms with van der Waals surface area (Å²) in [4.78, 5) is 0. The van der Waals surface area contributed by atoms with Crippen molar-refractivity contribution in [1.29, 1.82) is 0 Å². The third-order valence-corrected chi connectivity index (χ3v) is 18.2. The van der Waals surface area contributed by atoms with E-state index in [9.17, 15) is 16.8 Å². The minimum Gasteiger partial charge on any atom is -0.414 e. The molecule has 9 nitrogen and oxygen atoms in total. The van der Waals surface area contributed by atoms with Crippen molar-refractivity contribution in [3.63, 3.8) is 0 Å². The zero-order valence-corrected chi connectivity index (χ0v) is 35.5. The van der Waals surface area contributed by atoms with E-state index >= 15 is 0 Å². The molecule has 0 aliphatic rings. The Hall–Kier alpha value is -1.14. The van der Waals surface area contributed by atoms with Crippen LogP contribution in [0.4, 0.5) is 0 Å². The van der Waals surface area contributed by atoms with Crippen LogP contribution in [-0.2, 0) is 37.2 Å². The van der Waals surface area contributed by atoms with E-state index in [1.54, 1.807) is 0 Å². The molecule has 2 atom stereocenters. The maximum atomic E-state index is 11.3. The molecule has 0 aliphatic carbocycles. The number of sulfone groups is 1. The van der Waals surface area contributed by atoms with Gasteiger partial charge in [-0.2, -0.15) is 0 Å². The zero-order valence-electron chi connectivity index (χ0n) is 31.1. The largest absolute Gasteiger partial charge is 0.414 e. The molecule has 0 fully saturated rings. The van der Waals surface area contributed by atoms with E-state index in [1.807, 2.05) is 60.7 Å². The zero-order chi connectivity index (χ0) is 37.5. The lowest BCUT2D eigenvalue weighted by molar-refractivity contribution is -0.00169. The third kappa shape index (κ3) is 21.2. The molecule has 0 saturated heterocycles. The van der Waals surface area contributed by atoms with E-state index in [0.29, 0.717) is 19.8 Å². The second kappa shape index (κ2) is 20.6. The van der Waals surface area contributed by atoms with Crippen LogP contribution in [0.5, 0.6) is 0 Å². The molecule has 0 amide bonds. The Kier molecular flexibility index (Phi) is 20.2. The second-order valence-corrected chi connectivity index (χ2v) is 29.6. The number of halogens is 1. The van der Waals surface area contributed by atoms with Crippen LogP contribution < -0.4 is 0 Å². The quantitative estimate of drug-likeness (QED) is 0.143. The predicted molar refractivity (Wildman–Crippen MR) is 204 cm³/mol. The van der Waals surface area contributed by atoms with Crippen LogP contribution in [-0.4, -0.2) is 89.9 Å². The minimum atomic E-state index is -3.19. The van der Waals surface area contributed by atoms with Gasteiger partial charge < -0.3 is 23.4 Å². The highest BCUT2D eigenvalue weighted by atomic mass is 35.7. The molecule has 278 valence electrons. The van der Waals surface area contributed by atoms with E-state index in [-0.39, 0.29) is 41.3 Å². The summed E-state index contributed by atoms with van der Waals surface area (Å²) in [7, 11) is -5.37. The average molecular weight is 770 g/mol. The van der Waals surface area contributed by atoms with E-state index in [1.165, 1.54) is 6.26 Å². The molecule has 0 bridgehead atoms. The van der Waals surface area contributed by atoms with Gasteiger partial charge in [-0.1, -0.05) is 102 Å². The van der Waals surface area contributed by atoms with Crippen molar-refractivity contribution in [2.24, 2.45) is 0 Å².